The maximum absolute atomic E-state index is 2.53. The zero-order valence-corrected chi connectivity index (χ0v) is 24.8. The molecule has 9 aromatic rings. The van der Waals surface area contributed by atoms with Crippen LogP contribution >= 0.6 is 0 Å². The van der Waals surface area contributed by atoms with E-state index in [2.05, 4.69) is 156 Å². The van der Waals surface area contributed by atoms with Gasteiger partial charge in [-0.05, 0) is 81.9 Å². The molecule has 2 heteroatoms. The molecule has 0 amide bonds. The molecule has 0 N–H and O–H groups in total. The number of aromatic nitrogens is 2. The summed E-state index contributed by atoms with van der Waals surface area (Å²) in [6.07, 6.45) is 0.961. The van der Waals surface area contributed by atoms with Crippen LogP contribution in [0.3, 0.4) is 0 Å². The number of para-hydroxylation sites is 2. The second-order valence-electron chi connectivity index (χ2n) is 13.0. The molecule has 0 saturated carbocycles. The van der Waals surface area contributed by atoms with Gasteiger partial charge >= 0.3 is 0 Å². The lowest BCUT2D eigenvalue weighted by Gasteiger charge is -2.34. The van der Waals surface area contributed by atoms with Crippen molar-refractivity contribution in [2.24, 2.45) is 0 Å². The Morgan fingerprint density at radius 2 is 1.16 bits per heavy atom. The summed E-state index contributed by atoms with van der Waals surface area (Å²) in [4.78, 5) is 0. The number of benzene rings is 5. The molecule has 0 aliphatic heterocycles. The highest BCUT2D eigenvalue weighted by molar-refractivity contribution is 6.13. The molecular weight excluding hydrogens is 532 g/mol. The van der Waals surface area contributed by atoms with Crippen molar-refractivity contribution in [3.8, 4) is 16.8 Å². The molecule has 4 aromatic heterocycles. The summed E-state index contributed by atoms with van der Waals surface area (Å²) in [5.41, 5.74) is 16.0. The summed E-state index contributed by atoms with van der Waals surface area (Å²) in [6.45, 7) is 4.85. The first-order chi connectivity index (χ1) is 21.6. The molecule has 1 aliphatic rings. The highest BCUT2D eigenvalue weighted by Crippen LogP contribution is 2.50. The molecule has 0 spiro atoms. The van der Waals surface area contributed by atoms with Crippen molar-refractivity contribution < 1.29 is 0 Å². The van der Waals surface area contributed by atoms with Crippen LogP contribution in [-0.4, -0.2) is 8.97 Å². The molecule has 4 heterocycles. The summed E-state index contributed by atoms with van der Waals surface area (Å²) >= 11 is 0. The Bertz CT molecular complexity index is 2590. The van der Waals surface area contributed by atoms with Gasteiger partial charge in [-0.15, -0.1) is 0 Å². The lowest BCUT2D eigenvalue weighted by atomic mass is 9.68. The summed E-state index contributed by atoms with van der Waals surface area (Å²) in [5.74, 6) is 0. The van der Waals surface area contributed by atoms with Gasteiger partial charge in [0.05, 0.1) is 27.6 Å². The van der Waals surface area contributed by atoms with Crippen LogP contribution in [0.2, 0.25) is 0 Å². The highest BCUT2D eigenvalue weighted by Gasteiger charge is 2.38. The second-order valence-corrected chi connectivity index (χ2v) is 13.0. The number of hydrogen-bond acceptors (Lipinski definition) is 0. The average molecular weight is 563 g/mol. The minimum absolute atomic E-state index is 0.124. The van der Waals surface area contributed by atoms with Gasteiger partial charge in [-0.25, -0.2) is 0 Å². The van der Waals surface area contributed by atoms with E-state index in [1.807, 2.05) is 0 Å². The minimum atomic E-state index is -0.124. The largest absolute Gasteiger partial charge is 0.309 e. The standard InChI is InChI=1S/C42H30N2/c1-42(2)35-25-27(26-21-22-38-33(23-26)31-14-8-9-16-36(31)43(38)29-11-4-3-5-12-29)19-20-28(35)24-34-40(42)39-18-10-17-37-30-13-6-7-15-32(30)41(34)44(37)39/h3-23,25H,24H2,1-2H3. The van der Waals surface area contributed by atoms with Crippen LogP contribution in [0.4, 0.5) is 0 Å². The van der Waals surface area contributed by atoms with Gasteiger partial charge in [-0.3, -0.25) is 0 Å². The lowest BCUT2D eigenvalue weighted by Crippen LogP contribution is -2.26. The Balaban J connectivity index is 1.17. The molecule has 0 bridgehead atoms. The third-order valence-electron chi connectivity index (χ3n) is 10.3. The van der Waals surface area contributed by atoms with Crippen LogP contribution in [0.1, 0.15) is 36.1 Å². The van der Waals surface area contributed by atoms with E-state index in [-0.39, 0.29) is 5.41 Å². The van der Waals surface area contributed by atoms with Crippen LogP contribution in [0, 0.1) is 0 Å². The molecule has 5 aromatic carbocycles. The number of nitrogens with zero attached hydrogens (tertiary/aromatic N) is 2. The Morgan fingerprint density at radius 3 is 2.00 bits per heavy atom. The quantitative estimate of drug-likeness (QED) is 0.198. The molecule has 44 heavy (non-hydrogen) atoms. The van der Waals surface area contributed by atoms with Crippen molar-refractivity contribution in [2.45, 2.75) is 25.7 Å². The maximum Gasteiger partial charge on any atom is 0.0580 e. The van der Waals surface area contributed by atoms with Crippen molar-refractivity contribution in [3.05, 3.63) is 156 Å². The van der Waals surface area contributed by atoms with E-state index < -0.39 is 0 Å². The summed E-state index contributed by atoms with van der Waals surface area (Å²) in [6, 6.07) is 49.4. The maximum atomic E-state index is 2.53. The first kappa shape index (κ1) is 24.1. The third kappa shape index (κ3) is 3.00. The molecule has 0 unspecified atom stereocenters. The molecule has 208 valence electrons. The highest BCUT2D eigenvalue weighted by atomic mass is 15.0. The zero-order chi connectivity index (χ0) is 29.2. The first-order valence-electron chi connectivity index (χ1n) is 15.6. The van der Waals surface area contributed by atoms with Crippen LogP contribution in [-0.2, 0) is 11.8 Å². The normalized spacial score (nSPS) is 14.2. The smallest absolute Gasteiger partial charge is 0.0580 e. The molecular formula is C42H30N2. The summed E-state index contributed by atoms with van der Waals surface area (Å²) in [5, 5.41) is 5.29. The van der Waals surface area contributed by atoms with E-state index in [0.717, 1.165) is 6.42 Å². The Labute approximate surface area is 255 Å². The van der Waals surface area contributed by atoms with Crippen molar-refractivity contribution in [1.82, 2.24) is 8.97 Å². The first-order valence-corrected chi connectivity index (χ1v) is 15.6. The van der Waals surface area contributed by atoms with Gasteiger partial charge in [0.2, 0.25) is 0 Å². The van der Waals surface area contributed by atoms with Gasteiger partial charge in [-0.1, -0.05) is 98.8 Å². The molecule has 2 nitrogen and oxygen atoms in total. The third-order valence-corrected chi connectivity index (χ3v) is 10.3. The van der Waals surface area contributed by atoms with E-state index in [9.17, 15) is 0 Å². The van der Waals surface area contributed by atoms with Crippen LogP contribution < -0.4 is 0 Å². The second kappa shape index (κ2) is 8.39. The van der Waals surface area contributed by atoms with Crippen molar-refractivity contribution in [1.29, 1.82) is 0 Å². The molecule has 0 atom stereocenters. The number of hydrogen-bond donors (Lipinski definition) is 0. The Hall–Kier alpha value is -5.34. The van der Waals surface area contributed by atoms with Crippen molar-refractivity contribution in [3.63, 3.8) is 0 Å². The van der Waals surface area contributed by atoms with E-state index >= 15 is 0 Å². The predicted molar refractivity (Wildman–Crippen MR) is 185 cm³/mol. The number of pyridine rings is 1. The van der Waals surface area contributed by atoms with Crippen molar-refractivity contribution >= 4 is 49.1 Å². The minimum Gasteiger partial charge on any atom is -0.309 e. The fourth-order valence-corrected chi connectivity index (χ4v) is 8.45. The average Bonchev–Trinajstić information content (AvgIpc) is 3.70. The van der Waals surface area contributed by atoms with E-state index in [0.29, 0.717) is 0 Å². The van der Waals surface area contributed by atoms with E-state index in [1.54, 1.807) is 0 Å². The lowest BCUT2D eigenvalue weighted by molar-refractivity contribution is 0.620. The Morgan fingerprint density at radius 1 is 0.523 bits per heavy atom. The van der Waals surface area contributed by atoms with E-state index in [1.165, 1.54) is 88.2 Å². The number of rotatable bonds is 2. The fourth-order valence-electron chi connectivity index (χ4n) is 8.45. The molecule has 0 radical (unpaired) electrons. The Kier molecular flexibility index (Phi) is 4.60. The fraction of sp³-hybridized carbons (Fsp3) is 0.0952. The predicted octanol–water partition coefficient (Wildman–Crippen LogP) is 10.7. The molecule has 1 aliphatic carbocycles. The summed E-state index contributed by atoms with van der Waals surface area (Å²) in [7, 11) is 0. The van der Waals surface area contributed by atoms with Gasteiger partial charge in [0.15, 0.2) is 0 Å². The SMILES string of the molecule is CC1(C)c2cc(-c3ccc4c(c3)c3ccccc3n4-c3ccccc3)ccc2Cc2c1c1cccc3c4ccccc4c2n13. The van der Waals surface area contributed by atoms with Gasteiger partial charge in [0, 0.05) is 39.1 Å². The van der Waals surface area contributed by atoms with Crippen LogP contribution in [0.5, 0.6) is 0 Å². The topological polar surface area (TPSA) is 9.34 Å². The van der Waals surface area contributed by atoms with Gasteiger partial charge in [0.1, 0.15) is 0 Å². The van der Waals surface area contributed by atoms with Crippen LogP contribution in [0.25, 0.3) is 65.9 Å². The van der Waals surface area contributed by atoms with Gasteiger partial charge in [0.25, 0.3) is 0 Å². The monoisotopic (exact) mass is 562 g/mol. The number of fused-ring (bicyclic) bond motifs is 10. The van der Waals surface area contributed by atoms with E-state index in [4.69, 9.17) is 0 Å². The molecule has 0 saturated heterocycles. The van der Waals surface area contributed by atoms with Gasteiger partial charge < -0.3 is 8.97 Å². The molecule has 0 fully saturated rings. The van der Waals surface area contributed by atoms with Gasteiger partial charge in [-0.2, -0.15) is 0 Å². The van der Waals surface area contributed by atoms with Crippen LogP contribution in [0.15, 0.2) is 133 Å². The zero-order valence-electron chi connectivity index (χ0n) is 24.8. The molecule has 10 rings (SSSR count). The van der Waals surface area contributed by atoms with Crippen molar-refractivity contribution in [2.75, 3.05) is 0 Å². The summed E-state index contributed by atoms with van der Waals surface area (Å²) < 4.78 is 4.92.